The first-order chi connectivity index (χ1) is 5.72. The van der Waals surface area contributed by atoms with Crippen molar-refractivity contribution in [3.8, 4) is 0 Å². The van der Waals surface area contributed by atoms with Gasteiger partial charge < -0.3 is 5.73 Å². The van der Waals surface area contributed by atoms with Gasteiger partial charge in [0, 0.05) is 5.54 Å². The molecular formula is C11H21N. The fourth-order valence-electron chi connectivity index (χ4n) is 2.70. The van der Waals surface area contributed by atoms with Gasteiger partial charge in [0.15, 0.2) is 0 Å². The Labute approximate surface area is 75.7 Å². The molecule has 0 heterocycles. The number of nitrogens with two attached hydrogens (primary N) is 1. The molecule has 70 valence electrons. The highest BCUT2D eigenvalue weighted by Crippen LogP contribution is 2.44. The van der Waals surface area contributed by atoms with Crippen LogP contribution in [0.3, 0.4) is 0 Å². The molecule has 2 N–H and O–H groups in total. The van der Waals surface area contributed by atoms with Crippen LogP contribution in [0.25, 0.3) is 0 Å². The first kappa shape index (κ1) is 8.55. The van der Waals surface area contributed by atoms with Gasteiger partial charge in [-0.15, -0.1) is 0 Å². The second-order valence-corrected chi connectivity index (χ2v) is 5.03. The van der Waals surface area contributed by atoms with Gasteiger partial charge in [0.05, 0.1) is 0 Å². The van der Waals surface area contributed by atoms with Crippen molar-refractivity contribution in [2.45, 2.75) is 57.4 Å². The molecule has 0 amide bonds. The highest BCUT2D eigenvalue weighted by atomic mass is 14.8. The molecule has 0 aliphatic heterocycles. The molecule has 1 nitrogen and oxygen atoms in total. The van der Waals surface area contributed by atoms with Crippen molar-refractivity contribution < 1.29 is 0 Å². The summed E-state index contributed by atoms with van der Waals surface area (Å²) < 4.78 is 0. The van der Waals surface area contributed by atoms with Crippen molar-refractivity contribution in [3.63, 3.8) is 0 Å². The van der Waals surface area contributed by atoms with Crippen LogP contribution in [0.1, 0.15) is 51.9 Å². The number of rotatable bonds is 3. The van der Waals surface area contributed by atoms with E-state index in [2.05, 4.69) is 6.92 Å². The predicted octanol–water partition coefficient (Wildman–Crippen LogP) is 2.69. The quantitative estimate of drug-likeness (QED) is 0.687. The van der Waals surface area contributed by atoms with Gasteiger partial charge in [-0.2, -0.15) is 0 Å². The molecule has 2 unspecified atom stereocenters. The SMILES string of the molecule is CCC1CCC(N)(CC2CC2)C1. The molecule has 2 aliphatic rings. The molecule has 12 heavy (non-hydrogen) atoms. The monoisotopic (exact) mass is 167 g/mol. The second-order valence-electron chi connectivity index (χ2n) is 5.03. The first-order valence-corrected chi connectivity index (χ1v) is 5.51. The van der Waals surface area contributed by atoms with Crippen molar-refractivity contribution in [3.05, 3.63) is 0 Å². The van der Waals surface area contributed by atoms with Crippen LogP contribution in [-0.4, -0.2) is 5.54 Å². The maximum atomic E-state index is 6.37. The van der Waals surface area contributed by atoms with E-state index in [-0.39, 0.29) is 5.54 Å². The molecule has 1 heteroatoms. The Bertz CT molecular complexity index is 162. The Kier molecular flexibility index (Phi) is 2.16. The maximum Gasteiger partial charge on any atom is 0.0159 e. The van der Waals surface area contributed by atoms with Gasteiger partial charge in [0.2, 0.25) is 0 Å². The van der Waals surface area contributed by atoms with Gasteiger partial charge in [0.25, 0.3) is 0 Å². The van der Waals surface area contributed by atoms with Crippen LogP contribution >= 0.6 is 0 Å². The Morgan fingerprint density at radius 1 is 1.25 bits per heavy atom. The topological polar surface area (TPSA) is 26.0 Å². The van der Waals surface area contributed by atoms with Gasteiger partial charge in [-0.25, -0.2) is 0 Å². The van der Waals surface area contributed by atoms with Crippen LogP contribution < -0.4 is 5.73 Å². The fraction of sp³-hybridized carbons (Fsp3) is 1.00. The third-order valence-electron chi connectivity index (χ3n) is 3.72. The molecule has 0 radical (unpaired) electrons. The lowest BCUT2D eigenvalue weighted by Gasteiger charge is -2.23. The average Bonchev–Trinajstić information content (AvgIpc) is 2.74. The molecule has 2 saturated carbocycles. The normalized spacial score (nSPS) is 42.0. The van der Waals surface area contributed by atoms with E-state index in [1.165, 1.54) is 44.9 Å². The summed E-state index contributed by atoms with van der Waals surface area (Å²) >= 11 is 0. The summed E-state index contributed by atoms with van der Waals surface area (Å²) in [5.41, 5.74) is 6.62. The molecule has 0 saturated heterocycles. The Morgan fingerprint density at radius 2 is 2.00 bits per heavy atom. The summed E-state index contributed by atoms with van der Waals surface area (Å²) in [4.78, 5) is 0. The van der Waals surface area contributed by atoms with E-state index in [4.69, 9.17) is 5.73 Å². The largest absolute Gasteiger partial charge is 0.325 e. The maximum absolute atomic E-state index is 6.37. The standard InChI is InChI=1S/C11H21N/c1-2-9-5-6-11(12,7-9)8-10-3-4-10/h9-10H,2-8,12H2,1H3. The van der Waals surface area contributed by atoms with Gasteiger partial charge in [-0.05, 0) is 37.5 Å². The van der Waals surface area contributed by atoms with Gasteiger partial charge in [0.1, 0.15) is 0 Å². The average molecular weight is 167 g/mol. The van der Waals surface area contributed by atoms with E-state index in [9.17, 15) is 0 Å². The van der Waals surface area contributed by atoms with Crippen LogP contribution in [0.5, 0.6) is 0 Å². The van der Waals surface area contributed by atoms with Crippen molar-refractivity contribution in [1.29, 1.82) is 0 Å². The van der Waals surface area contributed by atoms with E-state index in [1.807, 2.05) is 0 Å². The molecule has 2 fully saturated rings. The zero-order valence-electron chi connectivity index (χ0n) is 8.18. The summed E-state index contributed by atoms with van der Waals surface area (Å²) in [6.45, 7) is 2.30. The highest BCUT2D eigenvalue weighted by molar-refractivity contribution is 4.96. The van der Waals surface area contributed by atoms with Crippen molar-refractivity contribution in [1.82, 2.24) is 0 Å². The van der Waals surface area contributed by atoms with Crippen molar-refractivity contribution in [2.24, 2.45) is 17.6 Å². The summed E-state index contributed by atoms with van der Waals surface area (Å²) in [6.07, 6.45) is 9.56. The molecule has 0 aromatic heterocycles. The molecule has 2 aliphatic carbocycles. The Balaban J connectivity index is 1.85. The van der Waals surface area contributed by atoms with Gasteiger partial charge in [-0.3, -0.25) is 0 Å². The van der Waals surface area contributed by atoms with Gasteiger partial charge >= 0.3 is 0 Å². The third kappa shape index (κ3) is 1.82. The molecule has 0 bridgehead atoms. The fourth-order valence-corrected chi connectivity index (χ4v) is 2.70. The van der Waals surface area contributed by atoms with Gasteiger partial charge in [-0.1, -0.05) is 26.2 Å². The minimum absolute atomic E-state index is 0.252. The summed E-state index contributed by atoms with van der Waals surface area (Å²) in [5.74, 6) is 1.94. The van der Waals surface area contributed by atoms with Crippen molar-refractivity contribution >= 4 is 0 Å². The molecule has 2 rings (SSSR count). The Morgan fingerprint density at radius 3 is 2.50 bits per heavy atom. The van der Waals surface area contributed by atoms with Crippen LogP contribution in [0.15, 0.2) is 0 Å². The summed E-state index contributed by atoms with van der Waals surface area (Å²) in [6, 6.07) is 0. The zero-order valence-corrected chi connectivity index (χ0v) is 8.18. The molecule has 0 aromatic carbocycles. The lowest BCUT2D eigenvalue weighted by atomic mass is 9.90. The van der Waals surface area contributed by atoms with E-state index in [0.29, 0.717) is 0 Å². The van der Waals surface area contributed by atoms with Crippen LogP contribution in [0.4, 0.5) is 0 Å². The first-order valence-electron chi connectivity index (χ1n) is 5.51. The summed E-state index contributed by atoms with van der Waals surface area (Å²) in [7, 11) is 0. The molecule has 0 spiro atoms. The third-order valence-corrected chi connectivity index (χ3v) is 3.72. The lowest BCUT2D eigenvalue weighted by molar-refractivity contribution is 0.363. The molecule has 0 aromatic rings. The summed E-state index contributed by atoms with van der Waals surface area (Å²) in [5, 5.41) is 0. The van der Waals surface area contributed by atoms with Crippen LogP contribution in [0, 0.1) is 11.8 Å². The number of hydrogen-bond donors (Lipinski definition) is 1. The highest BCUT2D eigenvalue weighted by Gasteiger charge is 2.39. The van der Waals surface area contributed by atoms with E-state index >= 15 is 0 Å². The molecule has 2 atom stereocenters. The Hall–Kier alpha value is -0.0400. The van der Waals surface area contributed by atoms with Crippen LogP contribution in [0.2, 0.25) is 0 Å². The molecular weight excluding hydrogens is 146 g/mol. The van der Waals surface area contributed by atoms with Crippen LogP contribution in [-0.2, 0) is 0 Å². The zero-order chi connectivity index (χ0) is 8.60. The number of hydrogen-bond acceptors (Lipinski definition) is 1. The minimum Gasteiger partial charge on any atom is -0.325 e. The lowest BCUT2D eigenvalue weighted by Crippen LogP contribution is -2.37. The van der Waals surface area contributed by atoms with E-state index < -0.39 is 0 Å². The second kappa shape index (κ2) is 3.02. The minimum atomic E-state index is 0.252. The van der Waals surface area contributed by atoms with E-state index in [0.717, 1.165) is 11.8 Å². The smallest absolute Gasteiger partial charge is 0.0159 e. The van der Waals surface area contributed by atoms with Crippen molar-refractivity contribution in [2.75, 3.05) is 0 Å². The predicted molar refractivity (Wildman–Crippen MR) is 51.9 cm³/mol. The van der Waals surface area contributed by atoms with E-state index in [1.54, 1.807) is 0 Å².